The Morgan fingerprint density at radius 3 is 2.74 bits per heavy atom. The summed E-state index contributed by atoms with van der Waals surface area (Å²) in [5.41, 5.74) is 9.59. The van der Waals surface area contributed by atoms with Crippen molar-refractivity contribution in [1.82, 2.24) is 34.2 Å². The van der Waals surface area contributed by atoms with Gasteiger partial charge in [-0.25, -0.2) is 15.2 Å². The molecule has 3 aliphatic heterocycles. The Labute approximate surface area is 320 Å². The van der Waals surface area contributed by atoms with Crippen LogP contribution in [0.1, 0.15) is 75.7 Å². The number of ether oxygens (including phenoxy) is 2. The standard InChI is InChI=1S/C39H49N7O5S2/c1-6-44-31-14-13-25-19-27(31)28(35(44)26-11-9-15-40-34(26)24(2)50-5)21-39(3,4)23-51-37(48)29-12-10-18-45(42-29)36(47)32(20-33-41-30(25)22-53-33)46(52)38(49)43-16-7-8-17-43/h9,11,13-15,19,22,24,29,32,42,52H,6-8,10,12,16-18,20-21,23H2,1-5H3/t24-,29-,32-/m0/s1. The number of benzene rings is 1. The molecule has 0 unspecified atom stereocenters. The van der Waals surface area contributed by atoms with Gasteiger partial charge in [0.15, 0.2) is 0 Å². The first kappa shape index (κ1) is 37.3. The summed E-state index contributed by atoms with van der Waals surface area (Å²) in [5, 5.41) is 5.28. The number of nitrogens with one attached hydrogen (secondary N) is 1. The molecule has 53 heavy (non-hydrogen) atoms. The molecule has 3 amide bonds. The lowest BCUT2D eigenvalue weighted by Crippen LogP contribution is -2.60. The molecule has 12 nitrogen and oxygen atoms in total. The molecule has 0 saturated carbocycles. The highest BCUT2D eigenvalue weighted by Gasteiger charge is 2.39. The Bertz CT molecular complexity index is 2000. The Balaban J connectivity index is 1.36. The van der Waals surface area contributed by atoms with E-state index < -0.39 is 23.5 Å². The number of pyridine rings is 1. The van der Waals surface area contributed by atoms with Gasteiger partial charge in [0.1, 0.15) is 12.1 Å². The van der Waals surface area contributed by atoms with Crippen molar-refractivity contribution < 1.29 is 23.9 Å². The Morgan fingerprint density at radius 1 is 1.19 bits per heavy atom. The highest BCUT2D eigenvalue weighted by atomic mass is 32.1. The number of esters is 1. The van der Waals surface area contributed by atoms with E-state index in [1.807, 2.05) is 18.4 Å². The minimum Gasteiger partial charge on any atom is -0.464 e. The number of urea groups is 1. The Hall–Kier alpha value is -3.98. The maximum Gasteiger partial charge on any atom is 0.330 e. The van der Waals surface area contributed by atoms with Crippen LogP contribution in [0.2, 0.25) is 0 Å². The summed E-state index contributed by atoms with van der Waals surface area (Å²) in [7, 11) is 1.70. The highest BCUT2D eigenvalue weighted by Crippen LogP contribution is 2.42. The van der Waals surface area contributed by atoms with Gasteiger partial charge in [-0.05, 0) is 75.8 Å². The molecular formula is C39H49N7O5S2. The van der Waals surface area contributed by atoms with Crippen molar-refractivity contribution in [3.05, 3.63) is 58.2 Å². The van der Waals surface area contributed by atoms with E-state index in [2.05, 4.69) is 67.8 Å². The van der Waals surface area contributed by atoms with Crippen LogP contribution in [-0.4, -0.2) is 92.1 Å². The number of nitrogens with zero attached hydrogens (tertiary/aromatic N) is 6. The zero-order chi connectivity index (χ0) is 37.4. The van der Waals surface area contributed by atoms with Crippen LogP contribution in [0.3, 0.4) is 0 Å². The summed E-state index contributed by atoms with van der Waals surface area (Å²) in [6.07, 6.45) is 5.35. The first-order valence-corrected chi connectivity index (χ1v) is 19.9. The topological polar surface area (TPSA) is 122 Å². The molecule has 1 N–H and O–H groups in total. The predicted octanol–water partition coefficient (Wildman–Crippen LogP) is 6.45. The summed E-state index contributed by atoms with van der Waals surface area (Å²) in [6, 6.07) is 8.57. The van der Waals surface area contributed by atoms with Gasteiger partial charge in [-0.1, -0.05) is 32.7 Å². The molecule has 14 heteroatoms. The van der Waals surface area contributed by atoms with Gasteiger partial charge < -0.3 is 18.9 Å². The van der Waals surface area contributed by atoms with E-state index in [1.54, 1.807) is 18.2 Å². The fourth-order valence-corrected chi connectivity index (χ4v) is 8.96. The molecule has 4 aromatic rings. The van der Waals surface area contributed by atoms with Crippen LogP contribution in [0, 0.1) is 5.41 Å². The number of aryl methyl sites for hydroxylation is 1. The monoisotopic (exact) mass is 759 g/mol. The van der Waals surface area contributed by atoms with E-state index in [-0.39, 0.29) is 31.1 Å². The molecule has 6 heterocycles. The molecule has 282 valence electrons. The number of hydrazine groups is 1. The summed E-state index contributed by atoms with van der Waals surface area (Å²) in [4.78, 5) is 53.1. The van der Waals surface area contributed by atoms with Gasteiger partial charge in [0.25, 0.3) is 5.91 Å². The van der Waals surface area contributed by atoms with Crippen LogP contribution < -0.4 is 5.43 Å². The number of aromatic nitrogens is 3. The van der Waals surface area contributed by atoms with Crippen LogP contribution in [0.4, 0.5) is 4.79 Å². The highest BCUT2D eigenvalue weighted by molar-refractivity contribution is 7.78. The van der Waals surface area contributed by atoms with E-state index in [4.69, 9.17) is 19.4 Å². The first-order chi connectivity index (χ1) is 25.5. The molecule has 3 aromatic heterocycles. The fourth-order valence-electron chi connectivity index (χ4n) is 7.81. The second-order valence-corrected chi connectivity index (χ2v) is 16.4. The molecule has 0 spiro atoms. The van der Waals surface area contributed by atoms with Gasteiger partial charge in [0, 0.05) is 78.7 Å². The molecule has 2 saturated heterocycles. The summed E-state index contributed by atoms with van der Waals surface area (Å²) < 4.78 is 15.4. The van der Waals surface area contributed by atoms with E-state index in [0.717, 1.165) is 64.1 Å². The normalized spacial score (nSPS) is 21.4. The lowest BCUT2D eigenvalue weighted by Gasteiger charge is -2.37. The zero-order valence-corrected chi connectivity index (χ0v) is 32.8. The summed E-state index contributed by atoms with van der Waals surface area (Å²) in [5.74, 6) is -0.740. The van der Waals surface area contributed by atoms with Gasteiger partial charge in [-0.15, -0.1) is 11.3 Å². The Morgan fingerprint density at radius 2 is 1.98 bits per heavy atom. The molecule has 1 aromatic carbocycles. The van der Waals surface area contributed by atoms with Crippen molar-refractivity contribution in [2.75, 3.05) is 33.4 Å². The smallest absolute Gasteiger partial charge is 0.330 e. The summed E-state index contributed by atoms with van der Waals surface area (Å²) in [6.45, 7) is 10.9. The number of hydrogen-bond donors (Lipinski definition) is 2. The molecule has 3 aliphatic rings. The number of hydrogen-bond acceptors (Lipinski definition) is 10. The zero-order valence-electron chi connectivity index (χ0n) is 31.1. The maximum absolute atomic E-state index is 14.3. The molecule has 7 rings (SSSR count). The van der Waals surface area contributed by atoms with Crippen molar-refractivity contribution in [2.24, 2.45) is 5.41 Å². The Kier molecular flexibility index (Phi) is 10.9. The van der Waals surface area contributed by atoms with Crippen molar-refractivity contribution >= 4 is 53.0 Å². The molecule has 0 radical (unpaired) electrons. The number of thiazole rings is 1. The van der Waals surface area contributed by atoms with E-state index in [0.29, 0.717) is 43.9 Å². The minimum atomic E-state index is -0.941. The number of fused-ring (bicyclic) bond motifs is 6. The average Bonchev–Trinajstić information content (AvgIpc) is 3.95. The fraction of sp³-hybridized carbons (Fsp3) is 0.513. The van der Waals surface area contributed by atoms with Crippen LogP contribution >= 0.6 is 24.2 Å². The third kappa shape index (κ3) is 7.43. The second kappa shape index (κ2) is 15.4. The maximum atomic E-state index is 14.3. The van der Waals surface area contributed by atoms with Crippen molar-refractivity contribution in [1.29, 1.82) is 0 Å². The molecule has 6 bridgehead atoms. The third-order valence-electron chi connectivity index (χ3n) is 10.7. The number of methoxy groups -OCH3 is 1. The van der Waals surface area contributed by atoms with Crippen molar-refractivity contribution in [3.63, 3.8) is 0 Å². The number of carbonyl (C=O) groups is 3. The number of carbonyl (C=O) groups excluding carboxylic acids is 3. The predicted molar refractivity (Wildman–Crippen MR) is 208 cm³/mol. The van der Waals surface area contributed by atoms with Crippen LogP contribution in [0.25, 0.3) is 33.4 Å². The van der Waals surface area contributed by atoms with Gasteiger partial charge in [0.2, 0.25) is 0 Å². The molecular weight excluding hydrogens is 711 g/mol. The molecule has 2 fully saturated rings. The number of cyclic esters (lactones) is 1. The second-order valence-electron chi connectivity index (χ2n) is 15.0. The van der Waals surface area contributed by atoms with Gasteiger partial charge in [-0.3, -0.25) is 23.9 Å². The quantitative estimate of drug-likeness (QED) is 0.176. The van der Waals surface area contributed by atoms with Gasteiger partial charge >= 0.3 is 12.0 Å². The van der Waals surface area contributed by atoms with Gasteiger partial charge in [-0.2, -0.15) is 0 Å². The summed E-state index contributed by atoms with van der Waals surface area (Å²) >= 11 is 6.11. The van der Waals surface area contributed by atoms with E-state index in [1.165, 1.54) is 20.7 Å². The lowest BCUT2D eigenvalue weighted by molar-refractivity contribution is -0.155. The largest absolute Gasteiger partial charge is 0.464 e. The van der Waals surface area contributed by atoms with Crippen LogP contribution in [0.5, 0.6) is 0 Å². The number of rotatable bonds is 5. The molecule has 0 aliphatic carbocycles. The SMILES string of the molecule is CCn1c(-c2cccnc2[C@H](C)OC)c2c3cc(ccc31)-c1csc(n1)C[C@H](N(S)C(=O)N1CCCC1)C(=O)N1CCC[C@H](N1)C(=O)OCC(C)(C)C2. The van der Waals surface area contributed by atoms with Gasteiger partial charge in [0.05, 0.1) is 34.8 Å². The van der Waals surface area contributed by atoms with Crippen LogP contribution in [0.15, 0.2) is 41.9 Å². The van der Waals surface area contributed by atoms with Crippen molar-refractivity contribution in [3.8, 4) is 22.5 Å². The van der Waals surface area contributed by atoms with E-state index in [9.17, 15) is 14.4 Å². The molecule has 3 atom stereocenters. The lowest BCUT2D eigenvalue weighted by atomic mass is 9.84. The van der Waals surface area contributed by atoms with E-state index >= 15 is 0 Å². The first-order valence-electron chi connectivity index (χ1n) is 18.6. The number of amides is 3. The number of thiol groups is 1. The van der Waals surface area contributed by atoms with Crippen molar-refractivity contribution in [2.45, 2.75) is 91.0 Å². The third-order valence-corrected chi connectivity index (χ3v) is 12.0. The minimum absolute atomic E-state index is 0.178. The average molecular weight is 760 g/mol. The number of likely N-dealkylation sites (tertiary alicyclic amines) is 1. The van der Waals surface area contributed by atoms with Crippen LogP contribution in [-0.2, 0) is 38.4 Å².